The number of hydrogen-bond donors (Lipinski definition) is 2. The van der Waals surface area contributed by atoms with Gasteiger partial charge >= 0.3 is 0 Å². The second-order valence-electron chi connectivity index (χ2n) is 3.03. The van der Waals surface area contributed by atoms with Crippen LogP contribution in [0, 0.1) is 18.2 Å². The third-order valence-electron chi connectivity index (χ3n) is 1.97. The molecule has 74 valence electrons. The fraction of sp³-hybridized carbons (Fsp3) is 0.273. The van der Waals surface area contributed by atoms with E-state index in [1.54, 1.807) is 0 Å². The van der Waals surface area contributed by atoms with Crippen LogP contribution in [0.3, 0.4) is 0 Å². The summed E-state index contributed by atoms with van der Waals surface area (Å²) in [4.78, 5) is 0. The van der Waals surface area contributed by atoms with E-state index in [0.29, 0.717) is 24.1 Å². The fourth-order valence-corrected chi connectivity index (χ4v) is 1.21. The molecule has 0 amide bonds. The highest BCUT2D eigenvalue weighted by Gasteiger charge is 2.10. The molecule has 2 nitrogen and oxygen atoms in total. The van der Waals surface area contributed by atoms with Gasteiger partial charge in [0.05, 0.1) is 6.10 Å². The Kier molecular flexibility index (Phi) is 3.49. The maximum Gasteiger partial charge on any atom is 0.123 e. The molecule has 3 N–H and O–H groups in total. The Morgan fingerprint density at radius 2 is 2.29 bits per heavy atom. The van der Waals surface area contributed by atoms with Crippen molar-refractivity contribution in [2.75, 3.05) is 5.73 Å². The minimum absolute atomic E-state index is 0.385. The van der Waals surface area contributed by atoms with Gasteiger partial charge in [-0.3, -0.25) is 0 Å². The van der Waals surface area contributed by atoms with Gasteiger partial charge in [0.25, 0.3) is 0 Å². The summed E-state index contributed by atoms with van der Waals surface area (Å²) < 4.78 is 12.8. The number of anilines is 1. The number of nitrogen functional groups attached to an aromatic ring is 1. The van der Waals surface area contributed by atoms with E-state index >= 15 is 0 Å². The molecule has 0 spiro atoms. The van der Waals surface area contributed by atoms with E-state index < -0.39 is 11.9 Å². The van der Waals surface area contributed by atoms with Crippen LogP contribution < -0.4 is 5.73 Å². The highest BCUT2D eigenvalue weighted by atomic mass is 19.1. The molecular formula is C11H12FNO. The van der Waals surface area contributed by atoms with Crippen molar-refractivity contribution in [2.45, 2.75) is 18.9 Å². The molecule has 0 bridgehead atoms. The first-order chi connectivity index (χ1) is 6.65. The summed E-state index contributed by atoms with van der Waals surface area (Å²) in [5, 5.41) is 9.61. The van der Waals surface area contributed by atoms with Crippen LogP contribution in [0.5, 0.6) is 0 Å². The summed E-state index contributed by atoms with van der Waals surface area (Å²) in [5.74, 6) is 2.00. The third-order valence-corrected chi connectivity index (χ3v) is 1.97. The lowest BCUT2D eigenvalue weighted by atomic mass is 10.0. The molecule has 0 radical (unpaired) electrons. The Labute approximate surface area is 82.6 Å². The number of aliphatic hydroxyl groups is 1. The topological polar surface area (TPSA) is 46.2 Å². The zero-order chi connectivity index (χ0) is 10.6. The Balaban J connectivity index is 2.83. The van der Waals surface area contributed by atoms with Gasteiger partial charge in [-0.1, -0.05) is 0 Å². The summed E-state index contributed by atoms with van der Waals surface area (Å²) in [6.07, 6.45) is 5.10. The van der Waals surface area contributed by atoms with E-state index in [9.17, 15) is 9.50 Å². The molecule has 1 atom stereocenters. The Bertz CT molecular complexity index is 357. The molecule has 0 heterocycles. The first-order valence-electron chi connectivity index (χ1n) is 4.31. The highest BCUT2D eigenvalue weighted by Crippen LogP contribution is 2.24. The zero-order valence-corrected chi connectivity index (χ0v) is 7.70. The Hall–Kier alpha value is -1.53. The molecular weight excluding hydrogens is 181 g/mol. The van der Waals surface area contributed by atoms with Gasteiger partial charge in [0.1, 0.15) is 5.82 Å². The van der Waals surface area contributed by atoms with Crippen LogP contribution in [-0.4, -0.2) is 5.11 Å². The number of hydrogen-bond acceptors (Lipinski definition) is 2. The van der Waals surface area contributed by atoms with Crippen LogP contribution in [0.2, 0.25) is 0 Å². The van der Waals surface area contributed by atoms with E-state index in [1.165, 1.54) is 18.2 Å². The van der Waals surface area contributed by atoms with Crippen LogP contribution in [-0.2, 0) is 0 Å². The zero-order valence-electron chi connectivity index (χ0n) is 7.70. The van der Waals surface area contributed by atoms with Gasteiger partial charge in [-0.15, -0.1) is 12.3 Å². The van der Waals surface area contributed by atoms with Crippen LogP contribution in [0.15, 0.2) is 18.2 Å². The number of terminal acetylenes is 1. The van der Waals surface area contributed by atoms with E-state index in [2.05, 4.69) is 5.92 Å². The predicted octanol–water partition coefficient (Wildman–Crippen LogP) is 1.85. The second-order valence-corrected chi connectivity index (χ2v) is 3.03. The summed E-state index contributed by atoms with van der Waals surface area (Å²) in [6, 6.07) is 3.92. The smallest absolute Gasteiger partial charge is 0.123 e. The van der Waals surface area contributed by atoms with Crippen LogP contribution in [0.25, 0.3) is 0 Å². The molecule has 0 aliphatic rings. The first-order valence-corrected chi connectivity index (χ1v) is 4.31. The molecule has 14 heavy (non-hydrogen) atoms. The lowest BCUT2D eigenvalue weighted by molar-refractivity contribution is 0.170. The summed E-state index contributed by atoms with van der Waals surface area (Å²) in [6.45, 7) is 0. The SMILES string of the molecule is C#CCCC(O)c1cc(F)ccc1N. The molecule has 1 unspecified atom stereocenters. The van der Waals surface area contributed by atoms with Gasteiger partial charge in [-0.2, -0.15) is 0 Å². The van der Waals surface area contributed by atoms with Crippen molar-refractivity contribution in [1.29, 1.82) is 0 Å². The van der Waals surface area contributed by atoms with Crippen molar-refractivity contribution in [3.8, 4) is 12.3 Å². The van der Waals surface area contributed by atoms with E-state index in [0.717, 1.165) is 0 Å². The number of halogens is 1. The van der Waals surface area contributed by atoms with Crippen molar-refractivity contribution in [3.05, 3.63) is 29.6 Å². The number of aliphatic hydroxyl groups excluding tert-OH is 1. The molecule has 0 aromatic heterocycles. The van der Waals surface area contributed by atoms with Crippen molar-refractivity contribution >= 4 is 5.69 Å². The van der Waals surface area contributed by atoms with Gasteiger partial charge in [-0.05, 0) is 24.6 Å². The van der Waals surface area contributed by atoms with Crippen molar-refractivity contribution in [1.82, 2.24) is 0 Å². The largest absolute Gasteiger partial charge is 0.398 e. The fourth-order valence-electron chi connectivity index (χ4n) is 1.21. The summed E-state index contributed by atoms with van der Waals surface area (Å²) >= 11 is 0. The summed E-state index contributed by atoms with van der Waals surface area (Å²) in [7, 11) is 0. The van der Waals surface area contributed by atoms with E-state index in [4.69, 9.17) is 12.2 Å². The maximum absolute atomic E-state index is 12.8. The molecule has 0 saturated carbocycles. The summed E-state index contributed by atoms with van der Waals surface area (Å²) in [5.41, 5.74) is 6.37. The molecule has 1 aromatic carbocycles. The lowest BCUT2D eigenvalue weighted by Gasteiger charge is -2.11. The van der Waals surface area contributed by atoms with Crippen LogP contribution >= 0.6 is 0 Å². The van der Waals surface area contributed by atoms with Gasteiger partial charge < -0.3 is 10.8 Å². The molecule has 0 saturated heterocycles. The van der Waals surface area contributed by atoms with Crippen molar-refractivity contribution in [2.24, 2.45) is 0 Å². The van der Waals surface area contributed by atoms with Gasteiger partial charge in [-0.25, -0.2) is 4.39 Å². The Morgan fingerprint density at radius 3 is 2.93 bits per heavy atom. The third kappa shape index (κ3) is 2.48. The van der Waals surface area contributed by atoms with E-state index in [1.807, 2.05) is 0 Å². The lowest BCUT2D eigenvalue weighted by Crippen LogP contribution is -2.02. The molecule has 1 aromatic rings. The molecule has 0 fully saturated rings. The normalized spacial score (nSPS) is 12.1. The average molecular weight is 193 g/mol. The number of benzene rings is 1. The minimum Gasteiger partial charge on any atom is -0.398 e. The van der Waals surface area contributed by atoms with Gasteiger partial charge in [0.15, 0.2) is 0 Å². The molecule has 0 aliphatic heterocycles. The number of nitrogens with two attached hydrogens (primary N) is 1. The van der Waals surface area contributed by atoms with Crippen molar-refractivity contribution in [3.63, 3.8) is 0 Å². The Morgan fingerprint density at radius 1 is 1.57 bits per heavy atom. The van der Waals surface area contributed by atoms with Gasteiger partial charge in [0, 0.05) is 17.7 Å². The van der Waals surface area contributed by atoms with Crippen molar-refractivity contribution < 1.29 is 9.50 Å². The highest BCUT2D eigenvalue weighted by molar-refractivity contribution is 5.47. The quantitative estimate of drug-likeness (QED) is 0.568. The maximum atomic E-state index is 12.8. The molecule has 3 heteroatoms. The monoisotopic (exact) mass is 193 g/mol. The van der Waals surface area contributed by atoms with Gasteiger partial charge in [0.2, 0.25) is 0 Å². The van der Waals surface area contributed by atoms with E-state index in [-0.39, 0.29) is 0 Å². The predicted molar refractivity (Wildman–Crippen MR) is 53.8 cm³/mol. The van der Waals surface area contributed by atoms with Crippen LogP contribution in [0.4, 0.5) is 10.1 Å². The molecule has 1 rings (SSSR count). The van der Waals surface area contributed by atoms with Crippen LogP contribution in [0.1, 0.15) is 24.5 Å². The average Bonchev–Trinajstić information content (AvgIpc) is 2.18. The molecule has 0 aliphatic carbocycles. The second kappa shape index (κ2) is 4.64. The minimum atomic E-state index is -0.790. The standard InChI is InChI=1S/C11H12FNO/c1-2-3-4-11(14)9-7-8(12)5-6-10(9)13/h1,5-7,11,14H,3-4,13H2. The number of rotatable bonds is 3. The first kappa shape index (κ1) is 10.6.